The monoisotopic (exact) mass is 250 g/mol. The van der Waals surface area contributed by atoms with Crippen molar-refractivity contribution in [2.45, 2.75) is 27.2 Å². The lowest BCUT2D eigenvalue weighted by molar-refractivity contribution is -0.137. The van der Waals surface area contributed by atoms with Crippen LogP contribution < -0.4 is 4.74 Å². The van der Waals surface area contributed by atoms with E-state index in [9.17, 15) is 9.59 Å². The van der Waals surface area contributed by atoms with Crippen molar-refractivity contribution < 1.29 is 19.1 Å². The van der Waals surface area contributed by atoms with Crippen molar-refractivity contribution in [3.63, 3.8) is 0 Å². The molecule has 4 heteroatoms. The molecule has 4 nitrogen and oxygen atoms in total. The molecule has 0 bridgehead atoms. The fraction of sp³-hybridized carbons (Fsp3) is 0.429. The Morgan fingerprint density at radius 2 is 1.83 bits per heavy atom. The quantitative estimate of drug-likeness (QED) is 0.442. The number of ether oxygens (including phenoxy) is 2. The number of hydrogen-bond donors (Lipinski definition) is 0. The van der Waals surface area contributed by atoms with Gasteiger partial charge < -0.3 is 9.47 Å². The molecule has 0 heterocycles. The van der Waals surface area contributed by atoms with Crippen LogP contribution in [0.1, 0.15) is 36.7 Å². The first kappa shape index (κ1) is 14.2. The average molecular weight is 250 g/mol. The first-order valence-electron chi connectivity index (χ1n) is 6.11. The Bertz CT molecular complexity index is 437. The van der Waals surface area contributed by atoms with Crippen LogP contribution >= 0.6 is 0 Å². The highest BCUT2D eigenvalue weighted by Gasteiger charge is 2.21. The molecule has 1 rings (SSSR count). The van der Waals surface area contributed by atoms with Crippen LogP contribution in [0, 0.1) is 0 Å². The second-order valence-electron chi connectivity index (χ2n) is 3.67. The molecule has 0 saturated carbocycles. The second kappa shape index (κ2) is 6.79. The van der Waals surface area contributed by atoms with Crippen molar-refractivity contribution in [3.8, 4) is 5.75 Å². The van der Waals surface area contributed by atoms with Crippen LogP contribution in [0.5, 0.6) is 5.75 Å². The van der Waals surface area contributed by atoms with Gasteiger partial charge in [-0.15, -0.1) is 0 Å². The average Bonchev–Trinajstić information content (AvgIpc) is 2.39. The summed E-state index contributed by atoms with van der Waals surface area (Å²) < 4.78 is 10.1. The van der Waals surface area contributed by atoms with Gasteiger partial charge in [-0.2, -0.15) is 0 Å². The SMILES string of the molecule is CCOC(=O)C(=O)c1cc(CC)ccc1OCC. The largest absolute Gasteiger partial charge is 0.493 e. The maximum absolute atomic E-state index is 11.9. The Balaban J connectivity index is 3.09. The predicted octanol–water partition coefficient (Wildman–Crippen LogP) is 2.39. The van der Waals surface area contributed by atoms with Crippen LogP contribution in [0.15, 0.2) is 18.2 Å². The van der Waals surface area contributed by atoms with Crippen molar-refractivity contribution in [2.24, 2.45) is 0 Å². The van der Waals surface area contributed by atoms with E-state index < -0.39 is 11.8 Å². The maximum atomic E-state index is 11.9. The summed E-state index contributed by atoms with van der Waals surface area (Å²) in [6.07, 6.45) is 0.787. The third-order valence-electron chi connectivity index (χ3n) is 2.46. The number of aryl methyl sites for hydroxylation is 1. The molecule has 0 unspecified atom stereocenters. The van der Waals surface area contributed by atoms with E-state index in [1.165, 1.54) is 0 Å². The van der Waals surface area contributed by atoms with E-state index in [4.69, 9.17) is 9.47 Å². The maximum Gasteiger partial charge on any atom is 0.379 e. The van der Waals surface area contributed by atoms with E-state index in [-0.39, 0.29) is 12.2 Å². The van der Waals surface area contributed by atoms with Gasteiger partial charge in [-0.3, -0.25) is 4.79 Å². The van der Waals surface area contributed by atoms with E-state index in [1.54, 1.807) is 19.1 Å². The fourth-order valence-electron chi connectivity index (χ4n) is 1.56. The summed E-state index contributed by atoms with van der Waals surface area (Å²) in [5, 5.41) is 0. The highest BCUT2D eigenvalue weighted by molar-refractivity contribution is 6.41. The Morgan fingerprint density at radius 1 is 1.11 bits per heavy atom. The zero-order valence-corrected chi connectivity index (χ0v) is 11.0. The molecule has 0 radical (unpaired) electrons. The number of Topliss-reactive ketones (excluding diaryl/α,β-unsaturated/α-hetero) is 1. The Kier molecular flexibility index (Phi) is 5.36. The lowest BCUT2D eigenvalue weighted by Crippen LogP contribution is -2.18. The minimum absolute atomic E-state index is 0.183. The van der Waals surface area contributed by atoms with Gasteiger partial charge in [0.2, 0.25) is 0 Å². The van der Waals surface area contributed by atoms with Crippen molar-refractivity contribution in [1.82, 2.24) is 0 Å². The molecule has 0 atom stereocenters. The van der Waals surface area contributed by atoms with E-state index >= 15 is 0 Å². The summed E-state index contributed by atoms with van der Waals surface area (Å²) >= 11 is 0. The number of carbonyl (C=O) groups excluding carboxylic acids is 2. The Hall–Kier alpha value is -1.84. The number of esters is 1. The minimum atomic E-state index is -0.841. The van der Waals surface area contributed by atoms with Crippen molar-refractivity contribution in [1.29, 1.82) is 0 Å². The molecule has 0 aromatic heterocycles. The van der Waals surface area contributed by atoms with Gasteiger partial charge in [0.1, 0.15) is 5.75 Å². The molecule has 0 amide bonds. The first-order valence-corrected chi connectivity index (χ1v) is 6.11. The molecule has 0 aliphatic carbocycles. The molecule has 0 fully saturated rings. The van der Waals surface area contributed by atoms with Gasteiger partial charge in [0, 0.05) is 0 Å². The van der Waals surface area contributed by atoms with Crippen molar-refractivity contribution in [2.75, 3.05) is 13.2 Å². The highest BCUT2D eigenvalue weighted by atomic mass is 16.5. The molecule has 0 N–H and O–H groups in total. The Labute approximate surface area is 107 Å². The summed E-state index contributed by atoms with van der Waals surface area (Å²) in [6, 6.07) is 5.28. The molecular weight excluding hydrogens is 232 g/mol. The number of carbonyl (C=O) groups is 2. The molecule has 0 spiro atoms. The zero-order chi connectivity index (χ0) is 13.5. The van der Waals surface area contributed by atoms with Gasteiger partial charge in [-0.1, -0.05) is 13.0 Å². The predicted molar refractivity (Wildman–Crippen MR) is 68.0 cm³/mol. The van der Waals surface area contributed by atoms with Crippen LogP contribution in [-0.2, 0) is 16.0 Å². The summed E-state index contributed by atoms with van der Waals surface area (Å²) in [4.78, 5) is 23.4. The van der Waals surface area contributed by atoms with Crippen LogP contribution in [0.25, 0.3) is 0 Å². The third kappa shape index (κ3) is 3.32. The summed E-state index contributed by atoms with van der Waals surface area (Å²) in [5.74, 6) is -1.07. The smallest absolute Gasteiger partial charge is 0.379 e. The fourth-order valence-corrected chi connectivity index (χ4v) is 1.56. The molecular formula is C14H18O4. The van der Waals surface area contributed by atoms with Crippen LogP contribution in [0.4, 0.5) is 0 Å². The molecule has 1 aromatic rings. The standard InChI is InChI=1S/C14H18O4/c1-4-10-7-8-12(17-5-2)11(9-10)13(15)14(16)18-6-3/h7-9H,4-6H2,1-3H3. The first-order chi connectivity index (χ1) is 8.63. The van der Waals surface area contributed by atoms with E-state index in [2.05, 4.69) is 0 Å². The van der Waals surface area contributed by atoms with Crippen LogP contribution in [0.2, 0.25) is 0 Å². The normalized spacial score (nSPS) is 9.94. The van der Waals surface area contributed by atoms with Crippen LogP contribution in [-0.4, -0.2) is 25.0 Å². The molecule has 98 valence electrons. The van der Waals surface area contributed by atoms with E-state index in [1.807, 2.05) is 19.9 Å². The van der Waals surface area contributed by atoms with Gasteiger partial charge >= 0.3 is 5.97 Å². The third-order valence-corrected chi connectivity index (χ3v) is 2.46. The van der Waals surface area contributed by atoms with Gasteiger partial charge in [-0.25, -0.2) is 4.79 Å². The molecule has 18 heavy (non-hydrogen) atoms. The van der Waals surface area contributed by atoms with Crippen molar-refractivity contribution >= 4 is 11.8 Å². The molecule has 0 saturated heterocycles. The zero-order valence-electron chi connectivity index (χ0n) is 11.0. The van der Waals surface area contributed by atoms with Gasteiger partial charge in [0.15, 0.2) is 0 Å². The number of ketones is 1. The minimum Gasteiger partial charge on any atom is -0.493 e. The Morgan fingerprint density at radius 3 is 2.39 bits per heavy atom. The topological polar surface area (TPSA) is 52.6 Å². The number of rotatable bonds is 6. The number of benzene rings is 1. The number of hydrogen-bond acceptors (Lipinski definition) is 4. The molecule has 0 aliphatic rings. The van der Waals surface area contributed by atoms with Gasteiger partial charge in [-0.05, 0) is 38.0 Å². The molecule has 1 aromatic carbocycles. The van der Waals surface area contributed by atoms with Crippen molar-refractivity contribution in [3.05, 3.63) is 29.3 Å². The van der Waals surface area contributed by atoms with E-state index in [0.29, 0.717) is 12.4 Å². The second-order valence-corrected chi connectivity index (χ2v) is 3.67. The van der Waals surface area contributed by atoms with E-state index in [0.717, 1.165) is 12.0 Å². The summed E-state index contributed by atoms with van der Waals surface area (Å²) in [7, 11) is 0. The van der Waals surface area contributed by atoms with Crippen LogP contribution in [0.3, 0.4) is 0 Å². The van der Waals surface area contributed by atoms with Gasteiger partial charge in [0.05, 0.1) is 18.8 Å². The lowest BCUT2D eigenvalue weighted by Gasteiger charge is -2.10. The lowest BCUT2D eigenvalue weighted by atomic mass is 10.0. The summed E-state index contributed by atoms with van der Waals surface area (Å²) in [6.45, 7) is 6.09. The van der Waals surface area contributed by atoms with Gasteiger partial charge in [0.25, 0.3) is 5.78 Å². The highest BCUT2D eigenvalue weighted by Crippen LogP contribution is 2.21. The molecule has 0 aliphatic heterocycles. The summed E-state index contributed by atoms with van der Waals surface area (Å²) in [5.41, 5.74) is 1.25.